The molecule has 1 aliphatic heterocycles. The Labute approximate surface area is 209 Å². The van der Waals surface area contributed by atoms with E-state index in [-0.39, 0.29) is 12.4 Å². The molecule has 1 N–H and O–H groups in total. The highest BCUT2D eigenvalue weighted by atomic mass is 32.1. The summed E-state index contributed by atoms with van der Waals surface area (Å²) in [6, 6.07) is 18.7. The molecule has 1 fully saturated rings. The van der Waals surface area contributed by atoms with Gasteiger partial charge in [-0.3, -0.25) is 15.1 Å². The first-order valence-corrected chi connectivity index (χ1v) is 12.5. The van der Waals surface area contributed by atoms with E-state index in [1.807, 2.05) is 24.3 Å². The van der Waals surface area contributed by atoms with Crippen molar-refractivity contribution in [2.45, 2.75) is 19.9 Å². The third kappa shape index (κ3) is 6.88. The van der Waals surface area contributed by atoms with Crippen molar-refractivity contribution in [2.24, 2.45) is 5.10 Å². The molecule has 8 nitrogen and oxygen atoms in total. The Bertz CT molecular complexity index is 1200. The number of hydrogen-bond acceptors (Lipinski definition) is 9. The van der Waals surface area contributed by atoms with Gasteiger partial charge in [0.2, 0.25) is 5.13 Å². The number of nitrogens with zero attached hydrogens (tertiary/aromatic N) is 5. The molecule has 3 aromatic rings. The number of rotatable bonds is 9. The number of nitrogens with one attached hydrogen (secondary N) is 1. The van der Waals surface area contributed by atoms with Crippen LogP contribution in [0.1, 0.15) is 29.3 Å². The van der Waals surface area contributed by atoms with Gasteiger partial charge in [-0.2, -0.15) is 10.4 Å². The van der Waals surface area contributed by atoms with E-state index in [4.69, 9.17) is 4.74 Å². The molecule has 1 aliphatic rings. The molecule has 0 amide bonds. The lowest BCUT2D eigenvalue weighted by Gasteiger charge is -2.36. The number of carbonyl (C=O) groups excluding carboxylic acids is 1. The lowest BCUT2D eigenvalue weighted by atomic mass is 10.1. The van der Waals surface area contributed by atoms with E-state index in [1.165, 1.54) is 16.9 Å². The van der Waals surface area contributed by atoms with Crippen molar-refractivity contribution in [3.8, 4) is 6.07 Å². The molecule has 1 aromatic heterocycles. The second-order valence-corrected chi connectivity index (χ2v) is 8.99. The van der Waals surface area contributed by atoms with E-state index < -0.39 is 0 Å². The van der Waals surface area contributed by atoms with Gasteiger partial charge < -0.3 is 9.64 Å². The number of aromatic nitrogens is 1. The summed E-state index contributed by atoms with van der Waals surface area (Å²) < 4.78 is 4.94. The predicted molar refractivity (Wildman–Crippen MR) is 139 cm³/mol. The summed E-state index contributed by atoms with van der Waals surface area (Å²) in [5.41, 5.74) is 7.27. The normalized spacial score (nSPS) is 14.1. The van der Waals surface area contributed by atoms with Gasteiger partial charge in [-0.15, -0.1) is 11.3 Å². The number of esters is 1. The molecule has 0 saturated carbocycles. The maximum absolute atomic E-state index is 11.6. The van der Waals surface area contributed by atoms with E-state index in [1.54, 1.807) is 18.5 Å². The molecule has 0 radical (unpaired) electrons. The lowest BCUT2D eigenvalue weighted by molar-refractivity contribution is -0.142. The largest absolute Gasteiger partial charge is 0.466 e. The van der Waals surface area contributed by atoms with Crippen molar-refractivity contribution >= 4 is 34.3 Å². The van der Waals surface area contributed by atoms with Crippen molar-refractivity contribution in [2.75, 3.05) is 43.1 Å². The molecule has 4 rings (SSSR count). The highest BCUT2D eigenvalue weighted by Crippen LogP contribution is 2.23. The number of ether oxygens (including phenoxy) is 1. The molecule has 0 spiro atoms. The van der Waals surface area contributed by atoms with Crippen LogP contribution in [-0.4, -0.2) is 54.9 Å². The quantitative estimate of drug-likeness (QED) is 0.277. The van der Waals surface area contributed by atoms with Gasteiger partial charge >= 0.3 is 5.97 Å². The number of carbonyl (C=O) groups is 1. The highest BCUT2D eigenvalue weighted by molar-refractivity contribution is 7.13. The van der Waals surface area contributed by atoms with Crippen LogP contribution in [0, 0.1) is 11.3 Å². The second kappa shape index (κ2) is 12.1. The molecule has 0 aliphatic carbocycles. The van der Waals surface area contributed by atoms with E-state index in [9.17, 15) is 10.1 Å². The van der Waals surface area contributed by atoms with Gasteiger partial charge in [0, 0.05) is 38.1 Å². The van der Waals surface area contributed by atoms with Crippen LogP contribution in [0.2, 0.25) is 0 Å². The maximum atomic E-state index is 11.6. The number of piperazine rings is 1. The molecule has 2 aromatic carbocycles. The third-order valence-electron chi connectivity index (χ3n) is 5.66. The van der Waals surface area contributed by atoms with Gasteiger partial charge in [-0.05, 0) is 30.2 Å². The average Bonchev–Trinajstić information content (AvgIpc) is 3.32. The van der Waals surface area contributed by atoms with Gasteiger partial charge in [0.15, 0.2) is 0 Å². The fraction of sp³-hybridized carbons (Fsp3) is 0.308. The van der Waals surface area contributed by atoms with Crippen LogP contribution in [0.4, 0.5) is 10.8 Å². The maximum Gasteiger partial charge on any atom is 0.311 e. The average molecular weight is 489 g/mol. The zero-order valence-electron chi connectivity index (χ0n) is 19.7. The van der Waals surface area contributed by atoms with E-state index in [0.29, 0.717) is 23.0 Å². The van der Waals surface area contributed by atoms with Crippen LogP contribution >= 0.6 is 11.3 Å². The van der Waals surface area contributed by atoms with Crippen molar-refractivity contribution in [3.63, 3.8) is 0 Å². The molecule has 9 heteroatoms. The smallest absolute Gasteiger partial charge is 0.311 e. The minimum atomic E-state index is -0.297. The zero-order valence-corrected chi connectivity index (χ0v) is 20.5. The standard InChI is InChI=1S/C26H28N6O2S/c1-2-34-25(33)15-23-19-35-26(29-23)30-28-17-21-8-9-24(22(14-21)16-27)32-12-10-31(11-13-32)18-20-6-4-3-5-7-20/h3-9,14,17,19H,2,10-13,15,18H2,1H3,(H,29,30). The minimum Gasteiger partial charge on any atom is -0.466 e. The first-order valence-electron chi connectivity index (χ1n) is 11.6. The van der Waals surface area contributed by atoms with Gasteiger partial charge in [-0.1, -0.05) is 36.4 Å². The third-order valence-corrected chi connectivity index (χ3v) is 6.46. The fourth-order valence-electron chi connectivity index (χ4n) is 3.95. The summed E-state index contributed by atoms with van der Waals surface area (Å²) in [5, 5.41) is 16.4. The van der Waals surface area contributed by atoms with Crippen LogP contribution in [0.5, 0.6) is 0 Å². The summed E-state index contributed by atoms with van der Waals surface area (Å²) in [4.78, 5) is 20.6. The molecule has 35 heavy (non-hydrogen) atoms. The molecular formula is C26H28N6O2S. The Kier molecular flexibility index (Phi) is 8.44. The second-order valence-electron chi connectivity index (χ2n) is 8.13. The van der Waals surface area contributed by atoms with Gasteiger partial charge in [0.05, 0.1) is 36.2 Å². The number of anilines is 2. The summed E-state index contributed by atoms with van der Waals surface area (Å²) in [6.07, 6.45) is 1.80. The summed E-state index contributed by atoms with van der Waals surface area (Å²) in [5.74, 6) is -0.297. The van der Waals surface area contributed by atoms with Gasteiger partial charge in [0.1, 0.15) is 6.07 Å². The molecule has 180 valence electrons. The molecule has 0 bridgehead atoms. The van der Waals surface area contributed by atoms with Crippen LogP contribution in [0.25, 0.3) is 0 Å². The highest BCUT2D eigenvalue weighted by Gasteiger charge is 2.19. The summed E-state index contributed by atoms with van der Waals surface area (Å²) in [7, 11) is 0. The SMILES string of the molecule is CCOC(=O)Cc1csc(NN=Cc2ccc(N3CCN(Cc4ccccc4)CC3)c(C#N)c2)n1. The first kappa shape index (κ1) is 24.4. The monoisotopic (exact) mass is 488 g/mol. The Morgan fingerprint density at radius 3 is 2.77 bits per heavy atom. The minimum absolute atomic E-state index is 0.142. The molecule has 2 heterocycles. The zero-order chi connectivity index (χ0) is 24.5. The van der Waals surface area contributed by atoms with Crippen LogP contribution < -0.4 is 10.3 Å². The van der Waals surface area contributed by atoms with Crippen LogP contribution in [0.3, 0.4) is 0 Å². The number of hydrazone groups is 1. The predicted octanol–water partition coefficient (Wildman–Crippen LogP) is 3.89. The van der Waals surface area contributed by atoms with Crippen LogP contribution in [-0.2, 0) is 22.5 Å². The van der Waals surface area contributed by atoms with E-state index in [0.717, 1.165) is 44.0 Å². The molecule has 1 saturated heterocycles. The summed E-state index contributed by atoms with van der Waals surface area (Å²) in [6.45, 7) is 6.76. The van der Waals surface area contributed by atoms with Crippen LogP contribution in [0.15, 0.2) is 59.0 Å². The Balaban J connectivity index is 1.31. The first-order chi connectivity index (χ1) is 17.1. The Hall–Kier alpha value is -3.74. The molecular weight excluding hydrogens is 460 g/mol. The number of benzene rings is 2. The Morgan fingerprint density at radius 1 is 1.23 bits per heavy atom. The van der Waals surface area contributed by atoms with Crippen molar-refractivity contribution in [3.05, 3.63) is 76.3 Å². The van der Waals surface area contributed by atoms with E-state index in [2.05, 4.69) is 55.6 Å². The van der Waals surface area contributed by atoms with Gasteiger partial charge in [-0.25, -0.2) is 4.98 Å². The number of nitriles is 1. The Morgan fingerprint density at radius 2 is 2.03 bits per heavy atom. The number of hydrogen-bond donors (Lipinski definition) is 1. The van der Waals surface area contributed by atoms with E-state index >= 15 is 0 Å². The summed E-state index contributed by atoms with van der Waals surface area (Å²) >= 11 is 1.37. The topological polar surface area (TPSA) is 93.9 Å². The molecule has 0 atom stereocenters. The fourth-order valence-corrected chi connectivity index (χ4v) is 4.61. The van der Waals surface area contributed by atoms with Gasteiger partial charge in [0.25, 0.3) is 0 Å². The lowest BCUT2D eigenvalue weighted by Crippen LogP contribution is -2.46. The van der Waals surface area contributed by atoms with Crippen molar-refractivity contribution in [1.82, 2.24) is 9.88 Å². The van der Waals surface area contributed by atoms with Crippen molar-refractivity contribution < 1.29 is 9.53 Å². The number of thiazole rings is 1. The molecule has 0 unspecified atom stereocenters. The van der Waals surface area contributed by atoms with Crippen molar-refractivity contribution in [1.29, 1.82) is 5.26 Å².